The number of nitrogens with zero attached hydrogens (tertiary/aromatic N) is 3. The quantitative estimate of drug-likeness (QED) is 0.634. The fraction of sp³-hybridized carbons (Fsp3) is 0. The number of hydrogen-bond donors (Lipinski definition) is 3. The third-order valence-corrected chi connectivity index (χ3v) is 3.53. The Kier molecular flexibility index (Phi) is 3.67. The minimum Gasteiger partial charge on any atom is -0.404 e. The number of benzene rings is 1. The van der Waals surface area contributed by atoms with Gasteiger partial charge in [-0.3, -0.25) is 4.79 Å². The number of para-hydroxylation sites is 1. The number of fused-ring (bicyclic) bond motifs is 1. The summed E-state index contributed by atoms with van der Waals surface area (Å²) in [5.41, 5.74) is 5.67. The van der Waals surface area contributed by atoms with E-state index in [0.717, 1.165) is 12.4 Å². The number of H-pyrrole nitrogens is 1. The summed E-state index contributed by atoms with van der Waals surface area (Å²) in [6.07, 6.45) is 3.49. The summed E-state index contributed by atoms with van der Waals surface area (Å²) in [4.78, 5) is 14.7. The highest BCUT2D eigenvalue weighted by molar-refractivity contribution is 6.12. The van der Waals surface area contributed by atoms with Gasteiger partial charge in [0.05, 0.1) is 16.5 Å². The second kappa shape index (κ2) is 5.81. The third kappa shape index (κ3) is 2.16. The van der Waals surface area contributed by atoms with Crippen molar-refractivity contribution in [2.24, 2.45) is 5.73 Å². The highest BCUT2D eigenvalue weighted by atomic mass is 19.1. The number of rotatable bonds is 3. The van der Waals surface area contributed by atoms with Crippen LogP contribution in [0.5, 0.6) is 0 Å². The van der Waals surface area contributed by atoms with Crippen LogP contribution in [0.25, 0.3) is 22.2 Å². The van der Waals surface area contributed by atoms with Crippen LogP contribution in [-0.2, 0) is 0 Å². The van der Waals surface area contributed by atoms with E-state index in [1.54, 1.807) is 6.07 Å². The monoisotopic (exact) mass is 322 g/mol. The minimum atomic E-state index is -0.654. The molecule has 0 saturated carbocycles. The molecule has 0 aliphatic rings. The Bertz CT molecular complexity index is 1090. The molecule has 0 saturated heterocycles. The standard InChI is InChI=1S/C16H11FN6O/c17-11-3-1-2-9(6-18)15(11)23-12-4-5-21-16(24)13(12)14(22-23)10(7-19)8-20/h1-5,7-8,19H,20H2,(H,21,24)/b10-8+,19-7?. The summed E-state index contributed by atoms with van der Waals surface area (Å²) in [7, 11) is 0. The number of halogens is 1. The number of nitrogens with two attached hydrogens (primary N) is 1. The molecular formula is C16H11FN6O. The Hall–Kier alpha value is -3.73. The zero-order valence-electron chi connectivity index (χ0n) is 12.2. The average molecular weight is 322 g/mol. The van der Waals surface area contributed by atoms with Crippen LogP contribution in [0, 0.1) is 22.6 Å². The van der Waals surface area contributed by atoms with Crippen molar-refractivity contribution in [3.05, 3.63) is 64.1 Å². The van der Waals surface area contributed by atoms with Crippen molar-refractivity contribution in [2.45, 2.75) is 0 Å². The van der Waals surface area contributed by atoms with Gasteiger partial charge in [-0.15, -0.1) is 0 Å². The Morgan fingerprint density at radius 3 is 2.92 bits per heavy atom. The molecule has 0 unspecified atom stereocenters. The van der Waals surface area contributed by atoms with Gasteiger partial charge in [-0.1, -0.05) is 6.07 Å². The molecule has 0 aliphatic heterocycles. The molecule has 0 spiro atoms. The molecule has 7 nitrogen and oxygen atoms in total. The number of nitriles is 1. The van der Waals surface area contributed by atoms with Crippen molar-refractivity contribution in [1.29, 1.82) is 10.7 Å². The van der Waals surface area contributed by atoms with E-state index in [9.17, 15) is 14.4 Å². The van der Waals surface area contributed by atoms with Crippen molar-refractivity contribution >= 4 is 22.7 Å². The lowest BCUT2D eigenvalue weighted by atomic mass is 10.1. The van der Waals surface area contributed by atoms with Gasteiger partial charge in [0.15, 0.2) is 0 Å². The zero-order valence-corrected chi connectivity index (χ0v) is 12.2. The fourth-order valence-electron chi connectivity index (χ4n) is 2.47. The largest absolute Gasteiger partial charge is 0.404 e. The lowest BCUT2D eigenvalue weighted by Gasteiger charge is -2.06. The first-order valence-corrected chi connectivity index (χ1v) is 6.84. The molecule has 0 aliphatic carbocycles. The second-order valence-electron chi connectivity index (χ2n) is 4.84. The highest BCUT2D eigenvalue weighted by Crippen LogP contribution is 2.26. The summed E-state index contributed by atoms with van der Waals surface area (Å²) in [5, 5.41) is 21.1. The van der Waals surface area contributed by atoms with Crippen LogP contribution in [0.1, 0.15) is 11.3 Å². The molecule has 0 amide bonds. The Morgan fingerprint density at radius 2 is 2.25 bits per heavy atom. The van der Waals surface area contributed by atoms with Crippen molar-refractivity contribution in [2.75, 3.05) is 0 Å². The Balaban J connectivity index is 2.49. The lowest BCUT2D eigenvalue weighted by Crippen LogP contribution is -2.06. The van der Waals surface area contributed by atoms with Gasteiger partial charge in [-0.25, -0.2) is 9.07 Å². The first-order chi connectivity index (χ1) is 11.6. The first kappa shape index (κ1) is 15.2. The van der Waals surface area contributed by atoms with E-state index < -0.39 is 11.4 Å². The second-order valence-corrected chi connectivity index (χ2v) is 4.84. The SMILES string of the molecule is N#Cc1cccc(F)c1-n1nc(/C(C=N)=C/N)c2c(=O)[nH]ccc21. The van der Waals surface area contributed by atoms with Crippen LogP contribution in [0.2, 0.25) is 0 Å². The first-order valence-electron chi connectivity index (χ1n) is 6.84. The summed E-state index contributed by atoms with van der Waals surface area (Å²) in [6.45, 7) is 0. The normalized spacial score (nSPS) is 11.4. The molecule has 0 radical (unpaired) electrons. The van der Waals surface area contributed by atoms with Gasteiger partial charge in [0, 0.05) is 24.2 Å². The maximum absolute atomic E-state index is 14.3. The molecule has 0 fully saturated rings. The lowest BCUT2D eigenvalue weighted by molar-refractivity contribution is 0.612. The molecule has 2 aromatic heterocycles. The van der Waals surface area contributed by atoms with Crippen LogP contribution in [0.15, 0.2) is 41.5 Å². The van der Waals surface area contributed by atoms with E-state index in [1.807, 2.05) is 6.07 Å². The highest BCUT2D eigenvalue weighted by Gasteiger charge is 2.20. The maximum atomic E-state index is 14.3. The predicted molar refractivity (Wildman–Crippen MR) is 87.3 cm³/mol. The number of hydrogen-bond acceptors (Lipinski definition) is 5. The van der Waals surface area contributed by atoms with E-state index >= 15 is 0 Å². The molecule has 118 valence electrons. The molecule has 1 aromatic carbocycles. The molecular weight excluding hydrogens is 311 g/mol. The molecule has 2 heterocycles. The van der Waals surface area contributed by atoms with E-state index in [0.29, 0.717) is 5.52 Å². The van der Waals surface area contributed by atoms with Crippen molar-refractivity contribution in [1.82, 2.24) is 14.8 Å². The number of allylic oxidation sites excluding steroid dienone is 1. The van der Waals surface area contributed by atoms with Crippen molar-refractivity contribution in [3.8, 4) is 11.8 Å². The van der Waals surface area contributed by atoms with Gasteiger partial charge >= 0.3 is 0 Å². The number of aromatic nitrogens is 3. The van der Waals surface area contributed by atoms with Gasteiger partial charge in [-0.2, -0.15) is 10.4 Å². The summed E-state index contributed by atoms with van der Waals surface area (Å²) < 4.78 is 15.5. The molecule has 0 bridgehead atoms. The number of pyridine rings is 1. The van der Waals surface area contributed by atoms with E-state index in [4.69, 9.17) is 11.1 Å². The third-order valence-electron chi connectivity index (χ3n) is 3.53. The summed E-state index contributed by atoms with van der Waals surface area (Å²) >= 11 is 0. The van der Waals surface area contributed by atoms with E-state index in [-0.39, 0.29) is 27.9 Å². The number of nitrogens with one attached hydrogen (secondary N) is 2. The van der Waals surface area contributed by atoms with Gasteiger partial charge in [0.1, 0.15) is 23.3 Å². The van der Waals surface area contributed by atoms with E-state index in [1.165, 1.54) is 29.1 Å². The van der Waals surface area contributed by atoms with Gasteiger partial charge in [0.25, 0.3) is 5.56 Å². The predicted octanol–water partition coefficient (Wildman–Crippen LogP) is 1.67. The van der Waals surface area contributed by atoms with Crippen LogP contribution in [-0.4, -0.2) is 21.0 Å². The maximum Gasteiger partial charge on any atom is 0.259 e. The zero-order chi connectivity index (χ0) is 17.3. The Morgan fingerprint density at radius 1 is 1.46 bits per heavy atom. The van der Waals surface area contributed by atoms with Crippen LogP contribution < -0.4 is 11.3 Å². The topological polar surface area (TPSA) is 124 Å². The van der Waals surface area contributed by atoms with Crippen molar-refractivity contribution < 1.29 is 4.39 Å². The van der Waals surface area contributed by atoms with Crippen molar-refractivity contribution in [3.63, 3.8) is 0 Å². The Labute approximate surface area is 135 Å². The molecule has 0 atom stereocenters. The van der Waals surface area contributed by atoms with Gasteiger partial charge in [-0.05, 0) is 18.2 Å². The van der Waals surface area contributed by atoms with Gasteiger partial charge < -0.3 is 16.1 Å². The summed E-state index contributed by atoms with van der Waals surface area (Å²) in [6, 6.07) is 7.52. The summed E-state index contributed by atoms with van der Waals surface area (Å²) in [5.74, 6) is -0.654. The molecule has 8 heteroatoms. The molecule has 24 heavy (non-hydrogen) atoms. The fourth-order valence-corrected chi connectivity index (χ4v) is 2.47. The molecule has 4 N–H and O–H groups in total. The molecule has 3 rings (SSSR count). The van der Waals surface area contributed by atoms with Crippen LogP contribution in [0.4, 0.5) is 4.39 Å². The van der Waals surface area contributed by atoms with Crippen LogP contribution in [0.3, 0.4) is 0 Å². The van der Waals surface area contributed by atoms with Gasteiger partial charge in [0.2, 0.25) is 0 Å². The average Bonchev–Trinajstić information content (AvgIpc) is 2.96. The number of aromatic amines is 1. The molecule has 3 aromatic rings. The van der Waals surface area contributed by atoms with Crippen LogP contribution >= 0.6 is 0 Å². The minimum absolute atomic E-state index is 0.0665. The van der Waals surface area contributed by atoms with E-state index in [2.05, 4.69) is 10.1 Å². The smallest absolute Gasteiger partial charge is 0.259 e.